The summed E-state index contributed by atoms with van der Waals surface area (Å²) in [4.78, 5) is 19.9. The second kappa shape index (κ2) is 9.64. The lowest BCUT2D eigenvalue weighted by Crippen LogP contribution is -2.14. The number of ether oxygens (including phenoxy) is 1. The molecule has 138 valence electrons. The second-order valence-electron chi connectivity index (χ2n) is 5.83. The maximum absolute atomic E-state index is 12.6. The smallest absolute Gasteiger partial charge is 0.173 e. The predicted molar refractivity (Wildman–Crippen MR) is 111 cm³/mol. The highest BCUT2D eigenvalue weighted by molar-refractivity contribution is 8.00. The van der Waals surface area contributed by atoms with Gasteiger partial charge in [-0.3, -0.25) is 4.79 Å². The Hall–Kier alpha value is -1.98. The van der Waals surface area contributed by atoms with E-state index in [1.807, 2.05) is 56.1 Å². The quantitative estimate of drug-likeness (QED) is 0.267. The van der Waals surface area contributed by atoms with Crippen LogP contribution in [0.2, 0.25) is 5.02 Å². The van der Waals surface area contributed by atoms with E-state index in [2.05, 4.69) is 4.99 Å². The topological polar surface area (TPSA) is 41.9 Å². The number of hydrogen-bond donors (Lipinski definition) is 0. The minimum absolute atomic E-state index is 0.0402. The van der Waals surface area contributed by atoms with Gasteiger partial charge in [-0.05, 0) is 49.7 Å². The third-order valence-electron chi connectivity index (χ3n) is 3.90. The minimum Gasteiger partial charge on any atom is -0.497 e. The van der Waals surface area contributed by atoms with Gasteiger partial charge in [0, 0.05) is 24.1 Å². The van der Waals surface area contributed by atoms with Gasteiger partial charge in [-0.2, -0.15) is 0 Å². The van der Waals surface area contributed by atoms with E-state index in [4.69, 9.17) is 16.3 Å². The number of hydrogen-bond acceptors (Lipinski definition) is 4. The second-order valence-corrected chi connectivity index (χ2v) is 7.28. The number of rotatable bonds is 8. The largest absolute Gasteiger partial charge is 0.497 e. The van der Waals surface area contributed by atoms with Crippen LogP contribution in [0.5, 0.6) is 5.75 Å². The highest BCUT2D eigenvalue weighted by Gasteiger charge is 2.13. The lowest BCUT2D eigenvalue weighted by Gasteiger charge is -2.11. The van der Waals surface area contributed by atoms with Crippen LogP contribution in [0.3, 0.4) is 0 Å². The number of Topliss-reactive ketones (excluding diaryl/α,β-unsaturated/α-hetero) is 1. The summed E-state index contributed by atoms with van der Waals surface area (Å²) in [6, 6.07) is 11.2. The Bertz CT molecular complexity index is 808. The summed E-state index contributed by atoms with van der Waals surface area (Å²) in [6.07, 6.45) is 1.74. The summed E-state index contributed by atoms with van der Waals surface area (Å²) >= 11 is 7.80. The van der Waals surface area contributed by atoms with Gasteiger partial charge < -0.3 is 9.64 Å². The number of carbonyl (C=O) groups excluding carboxylic acids is 1. The highest BCUT2D eigenvalue weighted by Crippen LogP contribution is 2.30. The lowest BCUT2D eigenvalue weighted by molar-refractivity contribution is 0.102. The number of thioether (sulfide) groups is 1. The Morgan fingerprint density at radius 3 is 2.81 bits per heavy atom. The van der Waals surface area contributed by atoms with Crippen LogP contribution in [0.15, 0.2) is 46.3 Å². The lowest BCUT2D eigenvalue weighted by atomic mass is 10.0. The van der Waals surface area contributed by atoms with Crippen molar-refractivity contribution in [2.75, 3.05) is 26.5 Å². The van der Waals surface area contributed by atoms with Crippen molar-refractivity contribution < 1.29 is 9.53 Å². The number of ketones is 1. The number of nitrogens with zero attached hydrogens (tertiary/aromatic N) is 2. The monoisotopic (exact) mass is 390 g/mol. The zero-order valence-electron chi connectivity index (χ0n) is 15.5. The molecule has 0 aliphatic carbocycles. The Labute approximate surface area is 164 Å². The van der Waals surface area contributed by atoms with Crippen molar-refractivity contribution in [3.63, 3.8) is 0 Å². The standard InChI is InChI=1S/C20H23ClN2O2S/c1-5-23(3)13-22-19-9-14(2)17(11-18(19)21)20(24)12-26-16-8-6-7-15(10-16)25-4/h6-11,13H,5,12H2,1-4H3. The van der Waals surface area contributed by atoms with Crippen LogP contribution >= 0.6 is 23.4 Å². The van der Waals surface area contributed by atoms with Crippen molar-refractivity contribution in [1.82, 2.24) is 4.90 Å². The van der Waals surface area contributed by atoms with Crippen LogP contribution in [0, 0.1) is 6.92 Å². The molecule has 0 atom stereocenters. The van der Waals surface area contributed by atoms with Crippen molar-refractivity contribution in [3.8, 4) is 5.75 Å². The molecule has 0 aliphatic rings. The van der Waals surface area contributed by atoms with E-state index in [1.54, 1.807) is 19.5 Å². The number of aryl methyl sites for hydroxylation is 1. The van der Waals surface area contributed by atoms with Crippen LogP contribution in [0.1, 0.15) is 22.8 Å². The third-order valence-corrected chi connectivity index (χ3v) is 5.19. The summed E-state index contributed by atoms with van der Waals surface area (Å²) < 4.78 is 5.21. The summed E-state index contributed by atoms with van der Waals surface area (Å²) in [5.41, 5.74) is 2.17. The molecule has 4 nitrogen and oxygen atoms in total. The maximum atomic E-state index is 12.6. The molecule has 0 spiro atoms. The Kier molecular flexibility index (Phi) is 7.54. The molecule has 0 radical (unpaired) electrons. The molecule has 0 bridgehead atoms. The van der Waals surface area contributed by atoms with Gasteiger partial charge >= 0.3 is 0 Å². The Morgan fingerprint density at radius 1 is 1.35 bits per heavy atom. The fraction of sp³-hybridized carbons (Fsp3) is 0.300. The Balaban J connectivity index is 2.11. The molecule has 26 heavy (non-hydrogen) atoms. The molecular formula is C20H23ClN2O2S. The summed E-state index contributed by atoms with van der Waals surface area (Å²) in [7, 11) is 3.57. The zero-order valence-corrected chi connectivity index (χ0v) is 17.0. The molecule has 0 heterocycles. The van der Waals surface area contributed by atoms with E-state index in [0.29, 0.717) is 22.0 Å². The SMILES string of the molecule is CCN(C)C=Nc1cc(C)c(C(=O)CSc2cccc(OC)c2)cc1Cl. The number of carbonyl (C=O) groups is 1. The number of benzene rings is 2. The number of aliphatic imine (C=N–C) groups is 1. The van der Waals surface area contributed by atoms with Crippen molar-refractivity contribution in [2.24, 2.45) is 4.99 Å². The summed E-state index contributed by atoms with van der Waals surface area (Å²) in [5.74, 6) is 1.16. The Morgan fingerprint density at radius 2 is 2.12 bits per heavy atom. The fourth-order valence-electron chi connectivity index (χ4n) is 2.23. The number of halogens is 1. The van der Waals surface area contributed by atoms with Gasteiger partial charge in [-0.1, -0.05) is 17.7 Å². The molecule has 2 aromatic rings. The fourth-order valence-corrected chi connectivity index (χ4v) is 3.27. The van der Waals surface area contributed by atoms with Gasteiger partial charge in [0.25, 0.3) is 0 Å². The molecule has 2 aromatic carbocycles. The van der Waals surface area contributed by atoms with Gasteiger partial charge in [-0.15, -0.1) is 11.8 Å². The highest BCUT2D eigenvalue weighted by atomic mass is 35.5. The number of methoxy groups -OCH3 is 1. The van der Waals surface area contributed by atoms with Gasteiger partial charge in [0.2, 0.25) is 0 Å². The normalized spacial score (nSPS) is 11.0. The summed E-state index contributed by atoms with van der Waals surface area (Å²) in [6.45, 7) is 4.81. The minimum atomic E-state index is 0.0402. The molecular weight excluding hydrogens is 368 g/mol. The first-order valence-corrected chi connectivity index (χ1v) is 9.65. The molecule has 0 amide bonds. The molecule has 0 fully saturated rings. The van der Waals surface area contributed by atoms with E-state index in [1.165, 1.54) is 11.8 Å². The molecule has 0 aliphatic heterocycles. The predicted octanol–water partition coefficient (Wildman–Crippen LogP) is 5.24. The van der Waals surface area contributed by atoms with E-state index < -0.39 is 0 Å². The van der Waals surface area contributed by atoms with E-state index >= 15 is 0 Å². The van der Waals surface area contributed by atoms with E-state index in [-0.39, 0.29) is 5.78 Å². The van der Waals surface area contributed by atoms with Gasteiger partial charge in [0.05, 0.1) is 29.9 Å². The van der Waals surface area contributed by atoms with Gasteiger partial charge in [0.15, 0.2) is 5.78 Å². The zero-order chi connectivity index (χ0) is 19.1. The average molecular weight is 391 g/mol. The maximum Gasteiger partial charge on any atom is 0.173 e. The van der Waals surface area contributed by atoms with Crippen molar-refractivity contribution in [3.05, 3.63) is 52.5 Å². The average Bonchev–Trinajstić information content (AvgIpc) is 2.66. The first kappa shape index (κ1) is 20.3. The van der Waals surface area contributed by atoms with Crippen molar-refractivity contribution >= 4 is 41.2 Å². The van der Waals surface area contributed by atoms with Crippen LogP contribution in [0.4, 0.5) is 5.69 Å². The van der Waals surface area contributed by atoms with Gasteiger partial charge in [-0.25, -0.2) is 4.99 Å². The molecule has 0 N–H and O–H groups in total. The molecule has 6 heteroatoms. The van der Waals surface area contributed by atoms with E-state index in [0.717, 1.165) is 22.8 Å². The third kappa shape index (κ3) is 5.51. The van der Waals surface area contributed by atoms with Gasteiger partial charge in [0.1, 0.15) is 5.75 Å². The van der Waals surface area contributed by atoms with E-state index in [9.17, 15) is 4.79 Å². The molecule has 0 aromatic heterocycles. The van der Waals surface area contributed by atoms with Crippen LogP contribution in [0.25, 0.3) is 0 Å². The van der Waals surface area contributed by atoms with Crippen LogP contribution in [-0.2, 0) is 0 Å². The first-order valence-electron chi connectivity index (χ1n) is 8.29. The van der Waals surface area contributed by atoms with Crippen LogP contribution in [-0.4, -0.2) is 43.5 Å². The molecule has 0 saturated carbocycles. The van der Waals surface area contributed by atoms with Crippen molar-refractivity contribution in [2.45, 2.75) is 18.7 Å². The molecule has 0 unspecified atom stereocenters. The molecule has 0 saturated heterocycles. The van der Waals surface area contributed by atoms with Crippen LogP contribution < -0.4 is 4.74 Å². The molecule has 2 rings (SSSR count). The summed E-state index contributed by atoms with van der Waals surface area (Å²) in [5, 5.41) is 0.478. The first-order chi connectivity index (χ1) is 12.4. The van der Waals surface area contributed by atoms with Crippen molar-refractivity contribution in [1.29, 1.82) is 0 Å².